The summed E-state index contributed by atoms with van der Waals surface area (Å²) in [6.45, 7) is 22.0. The van der Waals surface area contributed by atoms with E-state index in [0.717, 1.165) is 19.4 Å². The van der Waals surface area contributed by atoms with Crippen LogP contribution in [0.25, 0.3) is 33.1 Å². The van der Waals surface area contributed by atoms with Crippen molar-refractivity contribution in [2.24, 2.45) is 0 Å². The fourth-order valence-corrected chi connectivity index (χ4v) is 13.9. The van der Waals surface area contributed by atoms with E-state index >= 15 is 8.78 Å². The van der Waals surface area contributed by atoms with E-state index in [1.54, 1.807) is 6.92 Å². The van der Waals surface area contributed by atoms with Gasteiger partial charge >= 0.3 is 6.01 Å². The summed E-state index contributed by atoms with van der Waals surface area (Å²) in [7, 11) is -2.14. The van der Waals surface area contributed by atoms with Gasteiger partial charge in [0.1, 0.15) is 43.6 Å². The molecular formula is C40H50F3N5O2Si. The molecule has 0 radical (unpaired) electrons. The molecule has 2 saturated heterocycles. The second-order valence-electron chi connectivity index (χ2n) is 16.3. The molecular weight excluding hydrogens is 668 g/mol. The van der Waals surface area contributed by atoms with E-state index in [1.165, 1.54) is 6.07 Å². The molecule has 2 aliphatic rings. The van der Waals surface area contributed by atoms with Gasteiger partial charge in [0.2, 0.25) is 5.88 Å². The third-order valence-electron chi connectivity index (χ3n) is 10.8. The third-order valence-corrected chi connectivity index (χ3v) is 17.1. The van der Waals surface area contributed by atoms with Crippen molar-refractivity contribution in [3.8, 4) is 34.6 Å². The molecule has 4 aromatic rings. The number of halogens is 3. The zero-order valence-corrected chi connectivity index (χ0v) is 32.5. The van der Waals surface area contributed by atoms with Crippen molar-refractivity contribution in [1.82, 2.24) is 24.8 Å². The second-order valence-corrected chi connectivity index (χ2v) is 21.9. The quantitative estimate of drug-likeness (QED) is 0.133. The van der Waals surface area contributed by atoms with Crippen LogP contribution in [-0.4, -0.2) is 69.9 Å². The molecule has 6 rings (SSSR count). The molecule has 0 N–H and O–H groups in total. The lowest BCUT2D eigenvalue weighted by molar-refractivity contribution is 0.102. The standard InChI is InChI=1S/C40H50F3N5O2Si/c1-23(2)51(24(3)4,25(5)6)18-15-27-13-11-14-31-32(27)36(45-26(7)44-31)33-30(42)19-29-35(34(33)43)46-38(47-37(29)50-39(8,9)10)49-22-40-16-12-17-48(40)21-28(41)20-40/h11,13-14,19,23-25,28H,12,16-17,20-22H2,1-10H3/t28-,40+/m1/s1. The molecule has 2 aliphatic heterocycles. The van der Waals surface area contributed by atoms with Gasteiger partial charge in [-0.15, -0.1) is 5.54 Å². The fraction of sp³-hybridized carbons (Fsp3) is 0.550. The Morgan fingerprint density at radius 1 is 1.02 bits per heavy atom. The van der Waals surface area contributed by atoms with Crippen molar-refractivity contribution in [3.05, 3.63) is 47.3 Å². The summed E-state index contributed by atoms with van der Waals surface area (Å²) in [4.78, 5) is 20.4. The maximum atomic E-state index is 17.1. The topological polar surface area (TPSA) is 73.3 Å². The van der Waals surface area contributed by atoms with Gasteiger partial charge in [-0.25, -0.2) is 23.1 Å². The van der Waals surface area contributed by atoms with Crippen LogP contribution in [-0.2, 0) is 0 Å². The predicted molar refractivity (Wildman–Crippen MR) is 200 cm³/mol. The van der Waals surface area contributed by atoms with E-state index < -0.39 is 37.0 Å². The summed E-state index contributed by atoms with van der Waals surface area (Å²) in [5, 5.41) is 0.545. The summed E-state index contributed by atoms with van der Waals surface area (Å²) >= 11 is 0. The maximum absolute atomic E-state index is 17.1. The zero-order chi connectivity index (χ0) is 37.0. The number of ether oxygens (including phenoxy) is 2. The molecule has 0 amide bonds. The molecule has 4 heterocycles. The van der Waals surface area contributed by atoms with Gasteiger partial charge in [-0.3, -0.25) is 4.90 Å². The number of rotatable bonds is 8. The Kier molecular flexibility index (Phi) is 9.92. The molecule has 0 saturated carbocycles. The van der Waals surface area contributed by atoms with Crippen molar-refractivity contribution in [2.45, 2.75) is 122 Å². The van der Waals surface area contributed by atoms with Crippen LogP contribution in [0.15, 0.2) is 24.3 Å². The first kappa shape index (κ1) is 37.0. The Morgan fingerprint density at radius 2 is 1.73 bits per heavy atom. The van der Waals surface area contributed by atoms with E-state index in [0.29, 0.717) is 51.9 Å². The Hall–Kier alpha value is -3.75. The van der Waals surface area contributed by atoms with Crippen molar-refractivity contribution >= 4 is 29.9 Å². The third kappa shape index (κ3) is 6.82. The minimum atomic E-state index is -2.14. The average Bonchev–Trinajstić information content (AvgIpc) is 3.55. The summed E-state index contributed by atoms with van der Waals surface area (Å²) < 4.78 is 60.4. The van der Waals surface area contributed by atoms with Crippen LogP contribution in [0.3, 0.4) is 0 Å². The SMILES string of the molecule is Cc1nc(-c2c(F)cc3c(OC(C)(C)C)nc(OC[C@@]45CCCN4C[C@H](F)C5)nc3c2F)c2c(C#C[Si](C(C)C)(C(C)C)C(C)C)cccc2n1. The average molecular weight is 718 g/mol. The van der Waals surface area contributed by atoms with Crippen molar-refractivity contribution < 1.29 is 22.6 Å². The molecule has 2 atom stereocenters. The van der Waals surface area contributed by atoms with Gasteiger partial charge in [0.25, 0.3) is 0 Å². The van der Waals surface area contributed by atoms with Gasteiger partial charge < -0.3 is 9.47 Å². The summed E-state index contributed by atoms with van der Waals surface area (Å²) in [6.07, 6.45) is 1.15. The van der Waals surface area contributed by atoms with Crippen LogP contribution in [0.5, 0.6) is 11.9 Å². The molecule has 2 fully saturated rings. The van der Waals surface area contributed by atoms with Crippen molar-refractivity contribution in [3.63, 3.8) is 0 Å². The van der Waals surface area contributed by atoms with Crippen LogP contribution >= 0.6 is 0 Å². The lowest BCUT2D eigenvalue weighted by Crippen LogP contribution is -2.43. The molecule has 2 aromatic heterocycles. The Labute approximate surface area is 300 Å². The van der Waals surface area contributed by atoms with Crippen LogP contribution < -0.4 is 9.47 Å². The predicted octanol–water partition coefficient (Wildman–Crippen LogP) is 9.53. The highest BCUT2D eigenvalue weighted by Gasteiger charge is 2.49. The van der Waals surface area contributed by atoms with E-state index in [-0.39, 0.29) is 40.7 Å². The number of aryl methyl sites for hydroxylation is 1. The summed E-state index contributed by atoms with van der Waals surface area (Å²) in [6, 6.07) is 6.63. The zero-order valence-electron chi connectivity index (χ0n) is 31.5. The molecule has 0 aliphatic carbocycles. The van der Waals surface area contributed by atoms with Gasteiger partial charge in [0, 0.05) is 23.9 Å². The first-order chi connectivity index (χ1) is 24.0. The molecule has 11 heteroatoms. The normalized spacial score (nSPS) is 19.7. The van der Waals surface area contributed by atoms with E-state index in [1.807, 2.05) is 39.0 Å². The van der Waals surface area contributed by atoms with Crippen LogP contribution in [0.2, 0.25) is 16.6 Å². The first-order valence-electron chi connectivity index (χ1n) is 18.2. The number of alkyl halides is 1. The number of nitrogens with zero attached hydrogens (tertiary/aromatic N) is 5. The fourth-order valence-electron chi connectivity index (χ4n) is 8.64. The molecule has 7 nitrogen and oxygen atoms in total. The lowest BCUT2D eigenvalue weighted by atomic mass is 9.95. The smallest absolute Gasteiger partial charge is 0.320 e. The number of fused-ring (bicyclic) bond motifs is 3. The number of aromatic nitrogens is 4. The van der Waals surface area contributed by atoms with Gasteiger partial charge in [-0.1, -0.05) is 53.5 Å². The van der Waals surface area contributed by atoms with E-state index in [9.17, 15) is 4.39 Å². The minimum Gasteiger partial charge on any atom is -0.471 e. The van der Waals surface area contributed by atoms with Crippen LogP contribution in [0, 0.1) is 30.0 Å². The number of hydrogen-bond acceptors (Lipinski definition) is 7. The van der Waals surface area contributed by atoms with Gasteiger partial charge in [0.05, 0.1) is 27.7 Å². The molecule has 0 bridgehead atoms. The summed E-state index contributed by atoms with van der Waals surface area (Å²) in [5.41, 5.74) is 4.50. The lowest BCUT2D eigenvalue weighted by Gasteiger charge is -2.38. The van der Waals surface area contributed by atoms with Crippen LogP contribution in [0.4, 0.5) is 13.2 Å². The van der Waals surface area contributed by atoms with Gasteiger partial charge in [-0.05, 0) is 81.9 Å². The Balaban J connectivity index is 1.54. The highest BCUT2D eigenvalue weighted by Crippen LogP contribution is 2.43. The van der Waals surface area contributed by atoms with Gasteiger partial charge in [0.15, 0.2) is 5.82 Å². The number of hydrogen-bond donors (Lipinski definition) is 0. The van der Waals surface area contributed by atoms with Crippen molar-refractivity contribution in [2.75, 3.05) is 19.7 Å². The van der Waals surface area contributed by atoms with E-state index in [2.05, 4.69) is 77.8 Å². The molecule has 51 heavy (non-hydrogen) atoms. The monoisotopic (exact) mass is 717 g/mol. The van der Waals surface area contributed by atoms with Crippen LogP contribution in [0.1, 0.15) is 93.0 Å². The molecule has 0 spiro atoms. The van der Waals surface area contributed by atoms with E-state index in [4.69, 9.17) is 9.47 Å². The second kappa shape index (κ2) is 13.7. The molecule has 2 aromatic carbocycles. The summed E-state index contributed by atoms with van der Waals surface area (Å²) in [5.74, 6) is 2.08. The largest absolute Gasteiger partial charge is 0.471 e. The molecule has 0 unspecified atom stereocenters. The maximum Gasteiger partial charge on any atom is 0.320 e. The first-order valence-corrected chi connectivity index (χ1v) is 20.4. The highest BCUT2D eigenvalue weighted by molar-refractivity contribution is 6.90. The van der Waals surface area contributed by atoms with Crippen molar-refractivity contribution in [1.29, 1.82) is 0 Å². The highest BCUT2D eigenvalue weighted by atomic mass is 28.3. The number of benzene rings is 2. The minimum absolute atomic E-state index is 0.00458. The van der Waals surface area contributed by atoms with Gasteiger partial charge in [-0.2, -0.15) is 9.97 Å². The Morgan fingerprint density at radius 3 is 2.39 bits per heavy atom. The molecule has 272 valence electrons. The Bertz CT molecular complexity index is 2010.